The molecular formula is C41H47N7O6. The number of nitrogens with zero attached hydrogens (tertiary/aromatic N) is 3. The molecule has 6 atom stereocenters. The van der Waals surface area contributed by atoms with Crippen LogP contribution in [-0.4, -0.2) is 87.6 Å². The molecule has 4 aromatic rings. The average Bonchev–Trinajstić information content (AvgIpc) is 4.05. The first-order valence-electron chi connectivity index (χ1n) is 19.0. The van der Waals surface area contributed by atoms with Crippen molar-refractivity contribution in [3.05, 3.63) is 77.4 Å². The second-order valence-corrected chi connectivity index (χ2v) is 15.1. The Kier molecular flexibility index (Phi) is 9.41. The highest BCUT2D eigenvalue weighted by Crippen LogP contribution is 2.50. The summed E-state index contributed by atoms with van der Waals surface area (Å²) in [6.07, 6.45) is 7.14. The monoisotopic (exact) mass is 733 g/mol. The second-order valence-electron chi connectivity index (χ2n) is 15.1. The van der Waals surface area contributed by atoms with E-state index in [1.807, 2.05) is 11.1 Å². The van der Waals surface area contributed by atoms with Gasteiger partial charge >= 0.3 is 12.2 Å². The van der Waals surface area contributed by atoms with Crippen molar-refractivity contribution >= 4 is 24.0 Å². The number of methoxy groups -OCH3 is 2. The largest absolute Gasteiger partial charge is 0.453 e. The Morgan fingerprint density at radius 1 is 0.796 bits per heavy atom. The highest BCUT2D eigenvalue weighted by molar-refractivity contribution is 5.87. The van der Waals surface area contributed by atoms with Crippen LogP contribution in [0.4, 0.5) is 9.59 Å². The number of benzene rings is 2. The number of rotatable bonds is 8. The number of fused-ring (bicyclic) bond motifs is 5. The predicted molar refractivity (Wildman–Crippen MR) is 201 cm³/mol. The third-order valence-electron chi connectivity index (χ3n) is 11.9. The van der Waals surface area contributed by atoms with E-state index in [1.165, 1.54) is 36.5 Å². The van der Waals surface area contributed by atoms with Crippen LogP contribution in [0, 0.1) is 5.92 Å². The molecule has 2 saturated heterocycles. The number of amides is 4. The Morgan fingerprint density at radius 3 is 2.11 bits per heavy atom. The van der Waals surface area contributed by atoms with Crippen molar-refractivity contribution in [1.82, 2.24) is 35.4 Å². The summed E-state index contributed by atoms with van der Waals surface area (Å²) >= 11 is 0. The highest BCUT2D eigenvalue weighted by Gasteiger charge is 2.50. The number of likely N-dealkylation sites (tertiary alicyclic amines) is 2. The zero-order valence-corrected chi connectivity index (χ0v) is 31.1. The van der Waals surface area contributed by atoms with E-state index < -0.39 is 24.3 Å². The summed E-state index contributed by atoms with van der Waals surface area (Å²) in [6, 6.07) is 16.0. The number of H-pyrrole nitrogens is 2. The SMILES string of the molecule is COC(=O)N[C@@H](C)C(=O)N1CCC[C@H]1c1ncc(-c2ccc3c(c2)CCc2cc(-c4ccc([C@@H]5[C@H]6CC[C@H](C6)N5C(=O)[C@H](C)NC(=O)OC)[nH]4)ccc2-3)[nH]1. The van der Waals surface area contributed by atoms with Gasteiger partial charge in [0.2, 0.25) is 11.8 Å². The van der Waals surface area contributed by atoms with Gasteiger partial charge < -0.3 is 39.9 Å². The lowest BCUT2D eigenvalue weighted by Crippen LogP contribution is -2.50. The molecule has 282 valence electrons. The van der Waals surface area contributed by atoms with Gasteiger partial charge in [-0.3, -0.25) is 9.59 Å². The van der Waals surface area contributed by atoms with Crippen LogP contribution in [0.3, 0.4) is 0 Å². The Balaban J connectivity index is 0.976. The number of hydrogen-bond acceptors (Lipinski definition) is 7. The molecule has 0 unspecified atom stereocenters. The van der Waals surface area contributed by atoms with Crippen LogP contribution in [0.25, 0.3) is 33.6 Å². The van der Waals surface area contributed by atoms with Gasteiger partial charge in [-0.1, -0.05) is 24.3 Å². The first kappa shape index (κ1) is 35.4. The van der Waals surface area contributed by atoms with Gasteiger partial charge in [-0.05, 0) is 122 Å². The summed E-state index contributed by atoms with van der Waals surface area (Å²) in [7, 11) is 2.58. The van der Waals surface area contributed by atoms with Gasteiger partial charge in [-0.2, -0.15) is 0 Å². The molecule has 3 fully saturated rings. The van der Waals surface area contributed by atoms with Crippen molar-refractivity contribution in [3.63, 3.8) is 0 Å². The van der Waals surface area contributed by atoms with Gasteiger partial charge in [0, 0.05) is 24.0 Å². The maximum atomic E-state index is 13.6. The summed E-state index contributed by atoms with van der Waals surface area (Å²) in [5, 5.41) is 5.23. The minimum atomic E-state index is -0.699. The maximum Gasteiger partial charge on any atom is 0.407 e. The van der Waals surface area contributed by atoms with Crippen LogP contribution in [0.1, 0.15) is 80.7 Å². The number of piperidine rings is 1. The van der Waals surface area contributed by atoms with E-state index in [2.05, 4.69) is 73.9 Å². The molecule has 0 radical (unpaired) electrons. The normalized spacial score (nSPS) is 22.3. The number of aryl methyl sites for hydroxylation is 2. The lowest BCUT2D eigenvalue weighted by Gasteiger charge is -2.36. The Labute approximate surface area is 314 Å². The van der Waals surface area contributed by atoms with E-state index in [9.17, 15) is 19.2 Å². The predicted octanol–water partition coefficient (Wildman–Crippen LogP) is 6.04. The quantitative estimate of drug-likeness (QED) is 0.172. The number of alkyl carbamates (subject to hydrolysis) is 2. The number of carbonyl (C=O) groups is 4. The Hall–Kier alpha value is -5.59. The summed E-state index contributed by atoms with van der Waals surface area (Å²) in [5.41, 5.74) is 10.2. The van der Waals surface area contributed by atoms with E-state index >= 15 is 0 Å². The van der Waals surface area contributed by atoms with Gasteiger partial charge in [-0.15, -0.1) is 0 Å². The summed E-state index contributed by atoms with van der Waals surface area (Å²) in [4.78, 5) is 65.9. The lowest BCUT2D eigenvalue weighted by atomic mass is 9.83. The lowest BCUT2D eigenvalue weighted by molar-refractivity contribution is -0.137. The molecule has 2 aromatic heterocycles. The fourth-order valence-electron chi connectivity index (χ4n) is 9.22. The molecule has 2 bridgehead atoms. The first-order valence-corrected chi connectivity index (χ1v) is 19.0. The Bertz CT molecular complexity index is 2110. The smallest absolute Gasteiger partial charge is 0.407 e. The molecule has 2 aliphatic carbocycles. The highest BCUT2D eigenvalue weighted by atomic mass is 16.5. The van der Waals surface area contributed by atoms with Crippen LogP contribution in [-0.2, 0) is 31.9 Å². The molecule has 2 aliphatic heterocycles. The van der Waals surface area contributed by atoms with Gasteiger partial charge in [0.25, 0.3) is 0 Å². The van der Waals surface area contributed by atoms with Crippen LogP contribution in [0.15, 0.2) is 54.7 Å². The Morgan fingerprint density at radius 2 is 1.44 bits per heavy atom. The maximum absolute atomic E-state index is 13.6. The number of ether oxygens (including phenoxy) is 2. The second kappa shape index (κ2) is 14.3. The van der Waals surface area contributed by atoms with Crippen molar-refractivity contribution in [2.45, 2.75) is 89.0 Å². The molecule has 8 rings (SSSR count). The molecule has 1 saturated carbocycles. The van der Waals surface area contributed by atoms with Crippen LogP contribution in [0.5, 0.6) is 0 Å². The van der Waals surface area contributed by atoms with Crippen LogP contribution in [0.2, 0.25) is 0 Å². The number of aromatic nitrogens is 3. The number of aromatic amines is 2. The van der Waals surface area contributed by atoms with E-state index in [0.717, 1.165) is 79.0 Å². The molecule has 0 spiro atoms. The van der Waals surface area contributed by atoms with E-state index in [4.69, 9.17) is 9.72 Å². The minimum Gasteiger partial charge on any atom is -0.453 e. The van der Waals surface area contributed by atoms with Gasteiger partial charge in [-0.25, -0.2) is 14.6 Å². The molecule has 54 heavy (non-hydrogen) atoms. The minimum absolute atomic E-state index is 0.0461. The molecule has 13 nitrogen and oxygen atoms in total. The third-order valence-corrected chi connectivity index (χ3v) is 11.9. The van der Waals surface area contributed by atoms with Crippen molar-refractivity contribution in [2.75, 3.05) is 20.8 Å². The van der Waals surface area contributed by atoms with Crippen LogP contribution >= 0.6 is 0 Å². The van der Waals surface area contributed by atoms with E-state index in [0.29, 0.717) is 12.5 Å². The average molecular weight is 734 g/mol. The summed E-state index contributed by atoms with van der Waals surface area (Å²) in [6.45, 7) is 3.99. The van der Waals surface area contributed by atoms with Crippen LogP contribution < -0.4 is 10.6 Å². The zero-order chi connectivity index (χ0) is 37.7. The van der Waals surface area contributed by atoms with Gasteiger partial charge in [0.05, 0.1) is 38.2 Å². The number of nitrogens with one attached hydrogen (secondary N) is 4. The zero-order valence-electron chi connectivity index (χ0n) is 31.1. The fourth-order valence-corrected chi connectivity index (χ4v) is 9.22. The van der Waals surface area contributed by atoms with Crippen molar-refractivity contribution in [2.24, 2.45) is 5.92 Å². The standard InChI is InChI=1S/C41H47N7O6/c1-22(43-40(51)53-3)38(49)47-17-5-6-35(47)37-42-21-34(46-37)27-11-14-31-25(19-27)8-7-24-18-26(10-13-30(24)31)32-15-16-33(45-32)36-28-9-12-29(20-28)48(36)39(50)23(2)44-41(52)54-4/h10-11,13-16,18-19,21-23,28-29,35-36,45H,5-9,12,17,20H2,1-4H3,(H,42,46)(H,43,51)(H,44,52)/t22-,23-,28-,29+,35-,36-/m0/s1. The molecule has 13 heteroatoms. The topological polar surface area (TPSA) is 162 Å². The van der Waals surface area contributed by atoms with Crippen molar-refractivity contribution in [3.8, 4) is 33.6 Å². The molecule has 4 N–H and O–H groups in total. The molecular weight excluding hydrogens is 686 g/mol. The molecule has 4 amide bonds. The number of imidazole rings is 1. The molecule has 2 aromatic carbocycles. The first-order chi connectivity index (χ1) is 26.1. The van der Waals surface area contributed by atoms with E-state index in [1.54, 1.807) is 18.7 Å². The third kappa shape index (κ3) is 6.39. The van der Waals surface area contributed by atoms with Crippen molar-refractivity contribution < 1.29 is 28.7 Å². The summed E-state index contributed by atoms with van der Waals surface area (Å²) < 4.78 is 9.40. The summed E-state index contributed by atoms with van der Waals surface area (Å²) in [5.74, 6) is 0.898. The van der Waals surface area contributed by atoms with Gasteiger partial charge in [0.1, 0.15) is 17.9 Å². The fraction of sp³-hybridized carbons (Fsp3) is 0.439. The van der Waals surface area contributed by atoms with Crippen molar-refractivity contribution in [1.29, 1.82) is 0 Å². The number of carbonyl (C=O) groups excluding carboxylic acids is 4. The molecule has 4 heterocycles. The number of hydrogen-bond donors (Lipinski definition) is 4. The van der Waals surface area contributed by atoms with Gasteiger partial charge in [0.15, 0.2) is 0 Å². The molecule has 4 aliphatic rings. The van der Waals surface area contributed by atoms with E-state index in [-0.39, 0.29) is 29.9 Å².